The summed E-state index contributed by atoms with van der Waals surface area (Å²) in [6.45, 7) is 2.84. The highest BCUT2D eigenvalue weighted by atomic mass is 16.6. The number of hydrogen-bond acceptors (Lipinski definition) is 10. The first-order valence-corrected chi connectivity index (χ1v) is 18.1. The third kappa shape index (κ3) is 9.24. The summed E-state index contributed by atoms with van der Waals surface area (Å²) in [7, 11) is 0. The van der Waals surface area contributed by atoms with Crippen LogP contribution in [0.4, 0.5) is 0 Å². The average molecular weight is 725 g/mol. The van der Waals surface area contributed by atoms with Crippen molar-refractivity contribution < 1.29 is 38.1 Å². The van der Waals surface area contributed by atoms with Crippen molar-refractivity contribution in [1.29, 1.82) is 0 Å². The molecule has 0 radical (unpaired) electrons. The zero-order valence-corrected chi connectivity index (χ0v) is 30.0. The van der Waals surface area contributed by atoms with E-state index in [0.29, 0.717) is 6.61 Å². The minimum Gasteiger partial charge on any atom is -0.463 e. The normalized spacial score (nSPS) is 17.1. The molecule has 2 heterocycles. The number of aromatic amines is 1. The molecule has 12 heteroatoms. The van der Waals surface area contributed by atoms with E-state index in [-0.39, 0.29) is 62.4 Å². The third-order valence-corrected chi connectivity index (χ3v) is 9.70. The molecule has 278 valence electrons. The minimum atomic E-state index is -0.954. The molecule has 1 fully saturated rings. The maximum absolute atomic E-state index is 12.9. The van der Waals surface area contributed by atoms with E-state index in [9.17, 15) is 28.8 Å². The smallest absolute Gasteiger partial charge is 0.330 e. The number of aromatic nitrogens is 2. The number of carbonyl (C=O) groups excluding carboxylic acids is 4. The van der Waals surface area contributed by atoms with Crippen molar-refractivity contribution in [2.24, 2.45) is 0 Å². The molecule has 0 amide bonds. The number of ether oxygens (including phenoxy) is 4. The Morgan fingerprint density at radius 3 is 2.21 bits per heavy atom. The number of Topliss-reactive ketones (excluding diaryl/α,β-unsaturated/α-hetero) is 2. The molecule has 0 unspecified atom stereocenters. The van der Waals surface area contributed by atoms with Crippen LogP contribution in [0.3, 0.4) is 0 Å². The third-order valence-electron chi connectivity index (χ3n) is 9.70. The second kappa shape index (κ2) is 17.1. The van der Waals surface area contributed by atoms with E-state index < -0.39 is 41.6 Å². The fourth-order valence-electron chi connectivity index (χ4n) is 6.91. The van der Waals surface area contributed by atoms with Gasteiger partial charge in [0.2, 0.25) is 0 Å². The summed E-state index contributed by atoms with van der Waals surface area (Å²) in [6, 6.07) is 19.6. The molecule has 0 aliphatic carbocycles. The van der Waals surface area contributed by atoms with Crippen molar-refractivity contribution in [3.63, 3.8) is 0 Å². The molecule has 1 aliphatic rings. The Kier molecular flexibility index (Phi) is 12.1. The van der Waals surface area contributed by atoms with Crippen LogP contribution in [0, 0.1) is 0 Å². The lowest BCUT2D eigenvalue weighted by Gasteiger charge is -2.19. The molecular weight excluding hydrogens is 680 g/mol. The highest BCUT2D eigenvalue weighted by molar-refractivity contribution is 6.23. The summed E-state index contributed by atoms with van der Waals surface area (Å²) in [5, 5.41) is 7.66. The van der Waals surface area contributed by atoms with Crippen LogP contribution in [-0.4, -0.2) is 58.5 Å². The summed E-state index contributed by atoms with van der Waals surface area (Å²) in [5.41, 5.74) is 0.231. The highest BCUT2D eigenvalue weighted by Gasteiger charge is 2.40. The summed E-state index contributed by atoms with van der Waals surface area (Å²) in [5.74, 6) is -1.60. The lowest BCUT2D eigenvalue weighted by Crippen LogP contribution is -2.34. The van der Waals surface area contributed by atoms with Gasteiger partial charge in [-0.1, -0.05) is 61.0 Å². The molecule has 1 aromatic heterocycles. The highest BCUT2D eigenvalue weighted by Crippen LogP contribution is 2.36. The second-order valence-corrected chi connectivity index (χ2v) is 13.7. The number of ketones is 2. The standard InChI is InChI=1S/C41H44N2O10/c1-25(44)10-18-36(46)51-24-34-33(53-37(47)19-11-26(2)45)21-35(52-34)43-22-31(40(48)42-41(43)49)23-50-20-5-3-4-7-27-12-13-30-15-14-28-8-6-9-29-16-17-32(27)39(30)38(28)29/h6,8-9,12-17,22,33-35H,3-5,7,10-11,18-21,23-24H2,1-2H3,(H,42,48,49)/t33-,34+,35+/m0/s1. The van der Waals surface area contributed by atoms with Crippen LogP contribution in [0.1, 0.15) is 82.6 Å². The number of benzene rings is 4. The van der Waals surface area contributed by atoms with Gasteiger partial charge < -0.3 is 28.5 Å². The Bertz CT molecular complexity index is 2220. The largest absolute Gasteiger partial charge is 0.463 e. The van der Waals surface area contributed by atoms with E-state index in [2.05, 4.69) is 59.6 Å². The second-order valence-electron chi connectivity index (χ2n) is 13.7. The fourth-order valence-corrected chi connectivity index (χ4v) is 6.91. The number of esters is 2. The maximum atomic E-state index is 12.9. The number of hydrogen-bond donors (Lipinski definition) is 1. The molecule has 6 rings (SSSR count). The first-order valence-electron chi connectivity index (χ1n) is 18.1. The fraction of sp³-hybridized carbons (Fsp3) is 0.415. The van der Waals surface area contributed by atoms with E-state index in [1.165, 1.54) is 62.5 Å². The van der Waals surface area contributed by atoms with Crippen molar-refractivity contribution in [2.45, 2.75) is 96.7 Å². The van der Waals surface area contributed by atoms with Crippen molar-refractivity contribution in [1.82, 2.24) is 9.55 Å². The molecule has 1 N–H and O–H groups in total. The summed E-state index contributed by atoms with van der Waals surface area (Å²) < 4.78 is 23.9. The van der Waals surface area contributed by atoms with Crippen LogP contribution in [0.15, 0.2) is 70.4 Å². The van der Waals surface area contributed by atoms with Gasteiger partial charge in [-0.05, 0) is 71.0 Å². The molecule has 3 atom stereocenters. The Balaban J connectivity index is 1.03. The molecule has 12 nitrogen and oxygen atoms in total. The molecule has 0 bridgehead atoms. The van der Waals surface area contributed by atoms with Gasteiger partial charge in [-0.3, -0.25) is 23.9 Å². The number of rotatable bonds is 18. The van der Waals surface area contributed by atoms with Crippen molar-refractivity contribution >= 4 is 55.8 Å². The number of nitrogens with zero attached hydrogens (tertiary/aromatic N) is 1. The van der Waals surface area contributed by atoms with Gasteiger partial charge in [0.25, 0.3) is 5.56 Å². The van der Waals surface area contributed by atoms with E-state index >= 15 is 0 Å². The summed E-state index contributed by atoms with van der Waals surface area (Å²) in [6.07, 6.45) is 2.03. The lowest BCUT2D eigenvalue weighted by molar-refractivity contribution is -0.159. The van der Waals surface area contributed by atoms with Crippen LogP contribution in [-0.2, 0) is 51.2 Å². The Morgan fingerprint density at radius 2 is 1.47 bits per heavy atom. The molecule has 1 saturated heterocycles. The van der Waals surface area contributed by atoms with Crippen molar-refractivity contribution in [3.05, 3.63) is 92.8 Å². The predicted octanol–water partition coefficient (Wildman–Crippen LogP) is 5.84. The SMILES string of the molecule is CC(=O)CCC(=O)OC[C@H]1O[C@@H](n2cc(COCCCCCc3ccc4ccc5cccc6ccc3c4c56)c(=O)[nH]c2=O)C[C@@H]1OC(=O)CCC(C)=O. The Morgan fingerprint density at radius 1 is 0.792 bits per heavy atom. The van der Waals surface area contributed by atoms with Crippen LogP contribution < -0.4 is 11.2 Å². The molecule has 5 aromatic rings. The number of nitrogens with one attached hydrogen (secondary N) is 1. The van der Waals surface area contributed by atoms with Gasteiger partial charge in [0, 0.05) is 32.1 Å². The molecule has 1 aliphatic heterocycles. The van der Waals surface area contributed by atoms with E-state index in [1.54, 1.807) is 0 Å². The van der Waals surface area contributed by atoms with Crippen LogP contribution in [0.25, 0.3) is 32.3 Å². The first-order chi connectivity index (χ1) is 25.6. The van der Waals surface area contributed by atoms with Gasteiger partial charge in [-0.15, -0.1) is 0 Å². The van der Waals surface area contributed by atoms with Crippen LogP contribution in [0.5, 0.6) is 0 Å². The molecule has 0 spiro atoms. The monoisotopic (exact) mass is 724 g/mol. The lowest BCUT2D eigenvalue weighted by atomic mass is 9.90. The van der Waals surface area contributed by atoms with Gasteiger partial charge in [0.15, 0.2) is 0 Å². The van der Waals surface area contributed by atoms with Crippen molar-refractivity contribution in [2.75, 3.05) is 13.2 Å². The van der Waals surface area contributed by atoms with Gasteiger partial charge >= 0.3 is 17.6 Å². The number of carbonyl (C=O) groups is 4. The minimum absolute atomic E-state index is 0.00455. The van der Waals surface area contributed by atoms with E-state index in [0.717, 1.165) is 25.7 Å². The van der Waals surface area contributed by atoms with Gasteiger partial charge in [-0.2, -0.15) is 0 Å². The number of unbranched alkanes of at least 4 members (excludes halogenated alkanes) is 2. The van der Waals surface area contributed by atoms with Crippen LogP contribution >= 0.6 is 0 Å². The predicted molar refractivity (Wildman–Crippen MR) is 198 cm³/mol. The number of aryl methyl sites for hydroxylation is 1. The summed E-state index contributed by atoms with van der Waals surface area (Å²) >= 11 is 0. The average Bonchev–Trinajstić information content (AvgIpc) is 3.53. The first kappa shape index (κ1) is 37.6. The number of H-pyrrole nitrogens is 1. The quantitative estimate of drug-likeness (QED) is 0.0660. The van der Waals surface area contributed by atoms with Gasteiger partial charge in [-0.25, -0.2) is 4.79 Å². The molecule has 53 heavy (non-hydrogen) atoms. The van der Waals surface area contributed by atoms with E-state index in [1.807, 2.05) is 0 Å². The van der Waals surface area contributed by atoms with Gasteiger partial charge in [0.1, 0.15) is 36.6 Å². The summed E-state index contributed by atoms with van der Waals surface area (Å²) in [4.78, 5) is 75.1. The molecule has 4 aromatic carbocycles. The van der Waals surface area contributed by atoms with Gasteiger partial charge in [0.05, 0.1) is 25.0 Å². The Labute approximate surface area is 305 Å². The van der Waals surface area contributed by atoms with Crippen molar-refractivity contribution in [3.8, 4) is 0 Å². The molecule has 0 saturated carbocycles. The topological polar surface area (TPSA) is 160 Å². The molecular formula is C41H44N2O10. The zero-order chi connectivity index (χ0) is 37.5. The van der Waals surface area contributed by atoms with E-state index in [4.69, 9.17) is 18.9 Å². The Hall–Kier alpha value is -5.20. The zero-order valence-electron chi connectivity index (χ0n) is 30.0. The van der Waals surface area contributed by atoms with Crippen LogP contribution in [0.2, 0.25) is 0 Å². The maximum Gasteiger partial charge on any atom is 0.330 e.